The summed E-state index contributed by atoms with van der Waals surface area (Å²) in [5.74, 6) is 1.57. The van der Waals surface area contributed by atoms with Crippen molar-refractivity contribution in [3.63, 3.8) is 0 Å². The monoisotopic (exact) mass is 426 g/mol. The molecule has 4 nitrogen and oxygen atoms in total. The molecule has 7 heteroatoms. The van der Waals surface area contributed by atoms with Gasteiger partial charge in [0.05, 0.1) is 16.4 Å². The smallest absolute Gasteiger partial charge is 0.196 e. The molecule has 0 N–H and O–H groups in total. The molecule has 0 spiro atoms. The Balaban J connectivity index is 1.73. The lowest BCUT2D eigenvalue weighted by molar-refractivity contribution is 0.879. The molecule has 0 aliphatic heterocycles. The van der Waals surface area contributed by atoms with Gasteiger partial charge in [0.25, 0.3) is 0 Å². The fraction of sp³-hybridized carbons (Fsp3) is 0.190. The maximum absolute atomic E-state index is 6.06. The molecule has 0 unspecified atom stereocenters. The average Bonchev–Trinajstić information content (AvgIpc) is 3.34. The summed E-state index contributed by atoms with van der Waals surface area (Å²) in [7, 11) is 0. The summed E-state index contributed by atoms with van der Waals surface area (Å²) in [6, 6.07) is 16.0. The van der Waals surface area contributed by atoms with Crippen molar-refractivity contribution in [3.05, 3.63) is 75.2 Å². The Morgan fingerprint density at radius 2 is 1.86 bits per heavy atom. The van der Waals surface area contributed by atoms with Crippen LogP contribution in [-0.4, -0.2) is 19.7 Å². The highest BCUT2D eigenvalue weighted by molar-refractivity contribution is 7.98. The maximum atomic E-state index is 6.06. The van der Waals surface area contributed by atoms with Crippen molar-refractivity contribution in [2.24, 2.45) is 0 Å². The van der Waals surface area contributed by atoms with Crippen molar-refractivity contribution >= 4 is 34.7 Å². The Kier molecular flexibility index (Phi) is 5.80. The van der Waals surface area contributed by atoms with Crippen molar-refractivity contribution in [2.75, 3.05) is 0 Å². The maximum Gasteiger partial charge on any atom is 0.196 e. The van der Waals surface area contributed by atoms with Crippen LogP contribution in [0, 0.1) is 6.92 Å². The van der Waals surface area contributed by atoms with Gasteiger partial charge in [0, 0.05) is 21.7 Å². The lowest BCUT2D eigenvalue weighted by Crippen LogP contribution is -2.02. The molecule has 2 aromatic carbocycles. The van der Waals surface area contributed by atoms with Crippen LogP contribution < -0.4 is 0 Å². The van der Waals surface area contributed by atoms with Crippen LogP contribution in [0.5, 0.6) is 0 Å². The molecule has 4 aromatic rings. The van der Waals surface area contributed by atoms with Gasteiger partial charge in [-0.2, -0.15) is 0 Å². The number of benzene rings is 2. The van der Waals surface area contributed by atoms with E-state index >= 15 is 0 Å². The third-order valence-corrected chi connectivity index (χ3v) is 6.60. The quantitative estimate of drug-likeness (QED) is 0.344. The summed E-state index contributed by atoms with van der Waals surface area (Å²) >= 11 is 9.43. The van der Waals surface area contributed by atoms with Crippen molar-refractivity contribution in [1.82, 2.24) is 19.7 Å². The van der Waals surface area contributed by atoms with Crippen LogP contribution in [0.4, 0.5) is 0 Å². The van der Waals surface area contributed by atoms with Gasteiger partial charge in [0.15, 0.2) is 11.0 Å². The molecule has 4 rings (SSSR count). The van der Waals surface area contributed by atoms with Gasteiger partial charge in [-0.05, 0) is 49.2 Å². The number of aryl methyl sites for hydroxylation is 2. The number of aromatic nitrogens is 4. The van der Waals surface area contributed by atoms with Crippen LogP contribution in [-0.2, 0) is 12.2 Å². The molecule has 0 amide bonds. The second-order valence-electron chi connectivity index (χ2n) is 6.31. The zero-order valence-electron chi connectivity index (χ0n) is 15.6. The number of nitrogens with zero attached hydrogens (tertiary/aromatic N) is 4. The molecule has 0 radical (unpaired) electrons. The second kappa shape index (κ2) is 8.47. The summed E-state index contributed by atoms with van der Waals surface area (Å²) in [6.45, 7) is 4.23. The first-order valence-electron chi connectivity index (χ1n) is 8.99. The summed E-state index contributed by atoms with van der Waals surface area (Å²) in [5.41, 5.74) is 4.31. The number of rotatable bonds is 6. The number of hydrogen-bond acceptors (Lipinski definition) is 5. The highest BCUT2D eigenvalue weighted by atomic mass is 35.5. The van der Waals surface area contributed by atoms with Gasteiger partial charge in [-0.15, -0.1) is 21.5 Å². The number of thiazole rings is 1. The van der Waals surface area contributed by atoms with E-state index in [1.807, 2.05) is 36.4 Å². The van der Waals surface area contributed by atoms with Gasteiger partial charge in [-0.1, -0.05) is 48.5 Å². The molecule has 0 fully saturated rings. The second-order valence-corrected chi connectivity index (χ2v) is 8.63. The molecule has 2 aromatic heterocycles. The van der Waals surface area contributed by atoms with Crippen molar-refractivity contribution in [1.29, 1.82) is 0 Å². The van der Waals surface area contributed by atoms with Crippen LogP contribution in [0.1, 0.15) is 23.2 Å². The molecule has 142 valence electrons. The lowest BCUT2D eigenvalue weighted by Gasteiger charge is -2.12. The number of thioether (sulfide) groups is 1. The minimum absolute atomic E-state index is 0.704. The largest absolute Gasteiger partial charge is 0.270 e. The van der Waals surface area contributed by atoms with E-state index in [9.17, 15) is 0 Å². The summed E-state index contributed by atoms with van der Waals surface area (Å²) in [4.78, 5) is 4.66. The molecule has 28 heavy (non-hydrogen) atoms. The van der Waals surface area contributed by atoms with Gasteiger partial charge in [0.2, 0.25) is 0 Å². The Morgan fingerprint density at radius 1 is 1.07 bits per heavy atom. The Labute approximate surface area is 177 Å². The minimum Gasteiger partial charge on any atom is -0.270 e. The van der Waals surface area contributed by atoms with Gasteiger partial charge >= 0.3 is 0 Å². The first kappa shape index (κ1) is 19.2. The Morgan fingerprint density at radius 3 is 2.57 bits per heavy atom. The van der Waals surface area contributed by atoms with Crippen molar-refractivity contribution in [2.45, 2.75) is 31.2 Å². The van der Waals surface area contributed by atoms with Crippen LogP contribution >= 0.6 is 34.7 Å². The summed E-state index contributed by atoms with van der Waals surface area (Å²) in [6.07, 6.45) is 0.968. The van der Waals surface area contributed by atoms with E-state index in [4.69, 9.17) is 11.6 Å². The molecule has 0 atom stereocenters. The number of halogens is 1. The zero-order valence-corrected chi connectivity index (χ0v) is 18.0. The van der Waals surface area contributed by atoms with E-state index in [1.165, 1.54) is 5.56 Å². The summed E-state index contributed by atoms with van der Waals surface area (Å²) in [5, 5.41) is 13.8. The van der Waals surface area contributed by atoms with E-state index in [-0.39, 0.29) is 0 Å². The normalized spacial score (nSPS) is 11.1. The molecule has 2 heterocycles. The van der Waals surface area contributed by atoms with Gasteiger partial charge in [0.1, 0.15) is 0 Å². The van der Waals surface area contributed by atoms with Gasteiger partial charge < -0.3 is 0 Å². The lowest BCUT2D eigenvalue weighted by atomic mass is 10.1. The van der Waals surface area contributed by atoms with Crippen LogP contribution in [0.15, 0.2) is 59.1 Å². The van der Waals surface area contributed by atoms with Crippen molar-refractivity contribution in [3.8, 4) is 17.1 Å². The third kappa shape index (κ3) is 3.99. The third-order valence-electron chi connectivity index (χ3n) is 4.34. The fourth-order valence-corrected chi connectivity index (χ4v) is 4.71. The fourth-order valence-electron chi connectivity index (χ4n) is 2.90. The first-order valence-corrected chi connectivity index (χ1v) is 11.2. The summed E-state index contributed by atoms with van der Waals surface area (Å²) < 4.78 is 2.12. The molecule has 0 aliphatic carbocycles. The topological polar surface area (TPSA) is 43.6 Å². The molecule has 0 saturated carbocycles. The number of para-hydroxylation sites is 1. The first-order chi connectivity index (χ1) is 13.7. The highest BCUT2D eigenvalue weighted by Crippen LogP contribution is 2.31. The van der Waals surface area contributed by atoms with E-state index in [0.29, 0.717) is 5.02 Å². The predicted molar refractivity (Wildman–Crippen MR) is 118 cm³/mol. The Bertz CT molecular complexity index is 1090. The SMILES string of the molecule is CCc1nc(CSc2nnc(-c3ccc(Cl)cc3)n2-c2ccccc2C)cs1. The zero-order chi connectivity index (χ0) is 19.5. The molecular weight excluding hydrogens is 408 g/mol. The predicted octanol–water partition coefficient (Wildman–Crippen LogP) is 6.21. The van der Waals surface area contributed by atoms with E-state index in [1.54, 1.807) is 23.1 Å². The molecule has 0 aliphatic rings. The minimum atomic E-state index is 0.704. The van der Waals surface area contributed by atoms with E-state index in [0.717, 1.165) is 45.1 Å². The molecular formula is C21H19ClN4S2. The van der Waals surface area contributed by atoms with E-state index < -0.39 is 0 Å². The van der Waals surface area contributed by atoms with Crippen LogP contribution in [0.2, 0.25) is 5.02 Å². The Hall–Kier alpha value is -2.15. The standard InChI is InChI=1S/C21H19ClN4S2/c1-3-19-23-17(12-27-19)13-28-21-25-24-20(15-8-10-16(22)11-9-15)26(21)18-7-5-4-6-14(18)2/h4-12H,3,13H2,1-2H3. The molecule has 0 bridgehead atoms. The van der Waals surface area contributed by atoms with Crippen LogP contribution in [0.3, 0.4) is 0 Å². The highest BCUT2D eigenvalue weighted by Gasteiger charge is 2.18. The average molecular weight is 427 g/mol. The molecule has 0 saturated heterocycles. The van der Waals surface area contributed by atoms with Crippen molar-refractivity contribution < 1.29 is 0 Å². The number of hydrogen-bond donors (Lipinski definition) is 0. The van der Waals surface area contributed by atoms with Crippen LogP contribution in [0.25, 0.3) is 17.1 Å². The van der Waals surface area contributed by atoms with E-state index in [2.05, 4.69) is 51.1 Å². The van der Waals surface area contributed by atoms with Gasteiger partial charge in [-0.3, -0.25) is 4.57 Å². The van der Waals surface area contributed by atoms with Gasteiger partial charge in [-0.25, -0.2) is 4.98 Å².